The first-order chi connectivity index (χ1) is 5.08. The van der Waals surface area contributed by atoms with E-state index >= 15 is 0 Å². The summed E-state index contributed by atoms with van der Waals surface area (Å²) in [5.41, 5.74) is 0. The molecule has 62 valence electrons. The fourth-order valence-electron chi connectivity index (χ4n) is 0.609. The van der Waals surface area contributed by atoms with E-state index in [1.165, 1.54) is 18.9 Å². The second-order valence-corrected chi connectivity index (χ2v) is 4.59. The van der Waals surface area contributed by atoms with Crippen molar-refractivity contribution in [3.8, 4) is 0 Å². The van der Waals surface area contributed by atoms with E-state index in [-0.39, 0.29) is 5.75 Å². The van der Waals surface area contributed by atoms with Crippen LogP contribution in [0.3, 0.4) is 0 Å². The van der Waals surface area contributed by atoms with Gasteiger partial charge in [-0.25, -0.2) is 8.42 Å². The molecule has 0 aliphatic carbocycles. The molecule has 1 aromatic rings. The van der Waals surface area contributed by atoms with Crippen LogP contribution in [0.4, 0.5) is 0 Å². The van der Waals surface area contributed by atoms with Gasteiger partial charge < -0.3 is 4.57 Å². The summed E-state index contributed by atoms with van der Waals surface area (Å²) in [6.45, 7) is 0.422. The molecule has 0 radical (unpaired) electrons. The second-order valence-electron chi connectivity index (χ2n) is 2.33. The molecule has 0 aliphatic heterocycles. The zero-order valence-corrected chi connectivity index (χ0v) is 6.95. The van der Waals surface area contributed by atoms with Crippen molar-refractivity contribution in [2.45, 2.75) is 6.54 Å². The van der Waals surface area contributed by atoms with Gasteiger partial charge in [0, 0.05) is 12.8 Å². The van der Waals surface area contributed by atoms with Crippen molar-refractivity contribution in [2.24, 2.45) is 0 Å². The lowest BCUT2D eigenvalue weighted by atomic mass is 10.7. The summed E-state index contributed by atoms with van der Waals surface area (Å²) in [4.78, 5) is 0. The highest BCUT2D eigenvalue weighted by Gasteiger charge is 2.01. The molecule has 0 spiro atoms. The van der Waals surface area contributed by atoms with Gasteiger partial charge in [0.1, 0.15) is 22.5 Å². The van der Waals surface area contributed by atoms with E-state index in [0.29, 0.717) is 6.54 Å². The summed E-state index contributed by atoms with van der Waals surface area (Å²) in [5.74, 6) is 0.130. The molecule has 0 unspecified atom stereocenters. The van der Waals surface area contributed by atoms with E-state index in [1.807, 2.05) is 0 Å². The Balaban J connectivity index is 2.48. The average Bonchev–Trinajstić information content (AvgIpc) is 2.32. The molecule has 0 atom stereocenters. The van der Waals surface area contributed by atoms with Gasteiger partial charge in [-0.2, -0.15) is 0 Å². The molecule has 11 heavy (non-hydrogen) atoms. The maximum atomic E-state index is 10.7. The largest absolute Gasteiger partial charge is 0.319 e. The second kappa shape index (κ2) is 3.00. The van der Waals surface area contributed by atoms with Gasteiger partial charge in [0.25, 0.3) is 0 Å². The Labute approximate surface area is 65.0 Å². The fourth-order valence-corrected chi connectivity index (χ4v) is 1.15. The highest BCUT2D eigenvalue weighted by molar-refractivity contribution is 7.90. The summed E-state index contributed by atoms with van der Waals surface area (Å²) in [7, 11) is -2.88. The average molecular weight is 175 g/mol. The van der Waals surface area contributed by atoms with Crippen LogP contribution in [0.15, 0.2) is 12.7 Å². The number of aromatic nitrogens is 3. The minimum Gasteiger partial charge on any atom is -0.319 e. The van der Waals surface area contributed by atoms with Crippen LogP contribution in [0.5, 0.6) is 0 Å². The smallest absolute Gasteiger partial charge is 0.149 e. The number of sulfone groups is 1. The number of nitrogens with zero attached hydrogens (tertiary/aromatic N) is 3. The van der Waals surface area contributed by atoms with Crippen molar-refractivity contribution in [1.29, 1.82) is 0 Å². The molecule has 6 heteroatoms. The third kappa shape index (κ3) is 3.13. The Bertz CT molecular complexity index is 302. The van der Waals surface area contributed by atoms with E-state index in [2.05, 4.69) is 10.2 Å². The summed E-state index contributed by atoms with van der Waals surface area (Å²) in [6.07, 6.45) is 4.19. The molecule has 0 aromatic carbocycles. The number of rotatable bonds is 3. The SMILES string of the molecule is CS(=O)(=O)CCn1cnnc1. The Morgan fingerprint density at radius 1 is 1.36 bits per heavy atom. The minimum atomic E-state index is -2.88. The molecule has 1 rings (SSSR count). The molecule has 5 nitrogen and oxygen atoms in total. The van der Waals surface area contributed by atoms with Crippen LogP contribution in [0, 0.1) is 0 Å². The van der Waals surface area contributed by atoms with Gasteiger partial charge in [-0.1, -0.05) is 0 Å². The Hall–Kier alpha value is -0.910. The van der Waals surface area contributed by atoms with Gasteiger partial charge >= 0.3 is 0 Å². The van der Waals surface area contributed by atoms with Crippen LogP contribution in [0.1, 0.15) is 0 Å². The lowest BCUT2D eigenvalue weighted by Gasteiger charge is -1.97. The number of hydrogen-bond donors (Lipinski definition) is 0. The molecule has 0 aliphatic rings. The standard InChI is InChI=1S/C5H9N3O2S/c1-11(9,10)3-2-8-4-6-7-5-8/h4-5H,2-3H2,1H3. The van der Waals surface area contributed by atoms with Gasteiger partial charge in [0.2, 0.25) is 0 Å². The Kier molecular flexibility index (Phi) is 2.23. The van der Waals surface area contributed by atoms with Crippen LogP contribution in [-0.4, -0.2) is 35.2 Å². The van der Waals surface area contributed by atoms with Gasteiger partial charge in [-0.05, 0) is 0 Å². The molecule has 1 aromatic heterocycles. The predicted molar refractivity (Wildman–Crippen MR) is 39.7 cm³/mol. The first kappa shape index (κ1) is 8.19. The normalized spacial score (nSPS) is 11.7. The first-order valence-corrected chi connectivity index (χ1v) is 5.14. The van der Waals surface area contributed by atoms with E-state index in [1.54, 1.807) is 4.57 Å². The van der Waals surface area contributed by atoms with Gasteiger partial charge in [0.15, 0.2) is 0 Å². The van der Waals surface area contributed by atoms with E-state index in [9.17, 15) is 8.42 Å². The van der Waals surface area contributed by atoms with Crippen molar-refractivity contribution in [3.05, 3.63) is 12.7 Å². The summed E-state index contributed by atoms with van der Waals surface area (Å²) < 4.78 is 23.0. The van der Waals surface area contributed by atoms with Crippen molar-refractivity contribution in [2.75, 3.05) is 12.0 Å². The number of aryl methyl sites for hydroxylation is 1. The highest BCUT2D eigenvalue weighted by atomic mass is 32.2. The third-order valence-corrected chi connectivity index (χ3v) is 2.11. The minimum absolute atomic E-state index is 0.130. The van der Waals surface area contributed by atoms with Gasteiger partial charge in [-0.15, -0.1) is 10.2 Å². The quantitative estimate of drug-likeness (QED) is 0.610. The molecule has 0 saturated carbocycles. The van der Waals surface area contributed by atoms with Crippen LogP contribution in [0.25, 0.3) is 0 Å². The molecule has 0 fully saturated rings. The number of hydrogen-bond acceptors (Lipinski definition) is 4. The topological polar surface area (TPSA) is 64.8 Å². The lowest BCUT2D eigenvalue weighted by molar-refractivity contribution is 0.594. The van der Waals surface area contributed by atoms with Crippen molar-refractivity contribution >= 4 is 9.84 Å². The lowest BCUT2D eigenvalue weighted by Crippen LogP contribution is -2.09. The predicted octanol–water partition coefficient (Wildman–Crippen LogP) is -0.677. The van der Waals surface area contributed by atoms with Crippen molar-refractivity contribution in [3.63, 3.8) is 0 Å². The first-order valence-electron chi connectivity index (χ1n) is 3.08. The Morgan fingerprint density at radius 2 is 1.91 bits per heavy atom. The van der Waals surface area contributed by atoms with Gasteiger partial charge in [-0.3, -0.25) is 0 Å². The zero-order valence-electron chi connectivity index (χ0n) is 6.14. The van der Waals surface area contributed by atoms with Crippen LogP contribution >= 0.6 is 0 Å². The molecule has 1 heterocycles. The molecular weight excluding hydrogens is 166 g/mol. The summed E-state index contributed by atoms with van der Waals surface area (Å²) in [6, 6.07) is 0. The zero-order chi connectivity index (χ0) is 8.32. The van der Waals surface area contributed by atoms with Crippen molar-refractivity contribution in [1.82, 2.24) is 14.8 Å². The molecule has 0 bridgehead atoms. The van der Waals surface area contributed by atoms with E-state index in [0.717, 1.165) is 0 Å². The van der Waals surface area contributed by atoms with Crippen molar-refractivity contribution < 1.29 is 8.42 Å². The maximum absolute atomic E-state index is 10.7. The molecule has 0 N–H and O–H groups in total. The van der Waals surface area contributed by atoms with E-state index in [4.69, 9.17) is 0 Å². The summed E-state index contributed by atoms with van der Waals surface area (Å²) >= 11 is 0. The van der Waals surface area contributed by atoms with Crippen LogP contribution in [0.2, 0.25) is 0 Å². The van der Waals surface area contributed by atoms with Gasteiger partial charge in [0.05, 0.1) is 5.75 Å². The third-order valence-electron chi connectivity index (χ3n) is 1.19. The van der Waals surface area contributed by atoms with Crippen LogP contribution in [-0.2, 0) is 16.4 Å². The molecule has 0 amide bonds. The maximum Gasteiger partial charge on any atom is 0.149 e. The Morgan fingerprint density at radius 3 is 2.36 bits per heavy atom. The monoisotopic (exact) mass is 175 g/mol. The molecule has 0 saturated heterocycles. The fraction of sp³-hybridized carbons (Fsp3) is 0.600. The highest BCUT2D eigenvalue weighted by Crippen LogP contribution is 1.87. The van der Waals surface area contributed by atoms with E-state index < -0.39 is 9.84 Å². The molecular formula is C5H9N3O2S. The van der Waals surface area contributed by atoms with Crippen LogP contribution < -0.4 is 0 Å². The summed E-state index contributed by atoms with van der Waals surface area (Å²) in [5, 5.41) is 7.08.